The van der Waals surface area contributed by atoms with Crippen LogP contribution in [0, 0.1) is 6.92 Å². The summed E-state index contributed by atoms with van der Waals surface area (Å²) in [5.41, 5.74) is 1.55. The molecule has 174 valence electrons. The Kier molecular flexibility index (Phi) is 6.22. The molecule has 2 fully saturated rings. The highest BCUT2D eigenvalue weighted by atomic mass is 19.3. The van der Waals surface area contributed by atoms with Crippen LogP contribution >= 0.6 is 0 Å². The molecule has 0 radical (unpaired) electrons. The third-order valence-corrected chi connectivity index (χ3v) is 6.37. The molecule has 0 atom stereocenters. The SMILES string of the molecule is Cc1ccnc(-c2nc(NC3CCC(F)(F)CC3)nc(N(C)C3CCC(F)(F)CC3)n2)c1. The average molecular weight is 453 g/mol. The van der Waals surface area contributed by atoms with Gasteiger partial charge in [0.05, 0.1) is 0 Å². The maximum absolute atomic E-state index is 13.6. The lowest BCUT2D eigenvalue weighted by molar-refractivity contribution is -0.0379. The first kappa shape index (κ1) is 22.7. The summed E-state index contributed by atoms with van der Waals surface area (Å²) >= 11 is 0. The molecule has 2 aliphatic carbocycles. The third-order valence-electron chi connectivity index (χ3n) is 6.37. The highest BCUT2D eigenvalue weighted by Gasteiger charge is 2.37. The Morgan fingerprint density at radius 2 is 1.56 bits per heavy atom. The highest BCUT2D eigenvalue weighted by molar-refractivity contribution is 5.55. The quantitative estimate of drug-likeness (QED) is 0.626. The van der Waals surface area contributed by atoms with Crippen LogP contribution in [-0.4, -0.2) is 50.9 Å². The summed E-state index contributed by atoms with van der Waals surface area (Å²) in [6, 6.07) is 3.44. The first-order valence-corrected chi connectivity index (χ1v) is 11.0. The number of halogens is 4. The molecular weight excluding hydrogens is 424 g/mol. The number of aromatic nitrogens is 4. The fourth-order valence-corrected chi connectivity index (χ4v) is 4.30. The van der Waals surface area contributed by atoms with Crippen LogP contribution < -0.4 is 10.2 Å². The number of hydrogen-bond acceptors (Lipinski definition) is 6. The van der Waals surface area contributed by atoms with Crippen molar-refractivity contribution in [2.75, 3.05) is 17.3 Å². The van der Waals surface area contributed by atoms with Crippen molar-refractivity contribution >= 4 is 11.9 Å². The third kappa shape index (κ3) is 5.45. The van der Waals surface area contributed by atoms with Gasteiger partial charge in [-0.15, -0.1) is 0 Å². The lowest BCUT2D eigenvalue weighted by atomic mass is 9.91. The van der Waals surface area contributed by atoms with Crippen LogP contribution in [0.2, 0.25) is 0 Å². The van der Waals surface area contributed by atoms with Gasteiger partial charge in [-0.2, -0.15) is 15.0 Å². The van der Waals surface area contributed by atoms with Crippen LogP contribution in [0.25, 0.3) is 11.5 Å². The van der Waals surface area contributed by atoms with Crippen molar-refractivity contribution < 1.29 is 17.6 Å². The fourth-order valence-electron chi connectivity index (χ4n) is 4.30. The Morgan fingerprint density at radius 3 is 2.19 bits per heavy atom. The van der Waals surface area contributed by atoms with Crippen LogP contribution in [0.1, 0.15) is 56.9 Å². The molecule has 2 aliphatic rings. The Bertz CT molecular complexity index is 934. The van der Waals surface area contributed by atoms with Gasteiger partial charge in [0.15, 0.2) is 5.82 Å². The molecule has 2 heterocycles. The second kappa shape index (κ2) is 8.78. The van der Waals surface area contributed by atoms with Crippen molar-refractivity contribution in [2.45, 2.75) is 82.2 Å². The molecule has 1 N–H and O–H groups in total. The van der Waals surface area contributed by atoms with Gasteiger partial charge in [0.2, 0.25) is 23.7 Å². The van der Waals surface area contributed by atoms with E-state index >= 15 is 0 Å². The number of hydrogen-bond donors (Lipinski definition) is 1. The lowest BCUT2D eigenvalue weighted by Gasteiger charge is -2.34. The van der Waals surface area contributed by atoms with Crippen LogP contribution in [0.5, 0.6) is 0 Å². The minimum atomic E-state index is -2.62. The summed E-state index contributed by atoms with van der Waals surface area (Å²) in [6.45, 7) is 1.93. The van der Waals surface area contributed by atoms with Gasteiger partial charge in [0, 0.05) is 51.0 Å². The zero-order chi connectivity index (χ0) is 22.9. The molecule has 2 aromatic rings. The maximum atomic E-state index is 13.6. The zero-order valence-corrected chi connectivity index (χ0v) is 18.3. The molecule has 0 spiro atoms. The van der Waals surface area contributed by atoms with Gasteiger partial charge in [-0.05, 0) is 50.3 Å². The molecule has 0 unspecified atom stereocenters. The minimum absolute atomic E-state index is 0.114. The molecule has 6 nitrogen and oxygen atoms in total. The summed E-state index contributed by atoms with van der Waals surface area (Å²) < 4.78 is 54.3. The van der Waals surface area contributed by atoms with E-state index < -0.39 is 11.8 Å². The summed E-state index contributed by atoms with van der Waals surface area (Å²) in [5.74, 6) is -4.24. The van der Waals surface area contributed by atoms with Crippen LogP contribution in [-0.2, 0) is 0 Å². The Balaban J connectivity index is 1.60. The summed E-state index contributed by atoms with van der Waals surface area (Å²) in [6.07, 6.45) is 2.30. The van der Waals surface area contributed by atoms with Gasteiger partial charge in [0.25, 0.3) is 0 Å². The Hall–Kier alpha value is -2.52. The van der Waals surface area contributed by atoms with E-state index in [1.807, 2.05) is 24.0 Å². The Labute approximate surface area is 184 Å². The number of rotatable bonds is 5. The van der Waals surface area contributed by atoms with Crippen molar-refractivity contribution in [3.63, 3.8) is 0 Å². The topological polar surface area (TPSA) is 66.8 Å². The normalized spacial score (nSPS) is 21.3. The number of alkyl halides is 4. The highest BCUT2D eigenvalue weighted by Crippen LogP contribution is 2.36. The van der Waals surface area contributed by atoms with Crippen LogP contribution in [0.4, 0.5) is 29.5 Å². The van der Waals surface area contributed by atoms with Crippen molar-refractivity contribution in [1.29, 1.82) is 0 Å². The van der Waals surface area contributed by atoms with Gasteiger partial charge in [-0.25, -0.2) is 17.6 Å². The second-order valence-corrected chi connectivity index (χ2v) is 8.97. The molecule has 2 aromatic heterocycles. The molecular formula is C22H28F4N6. The van der Waals surface area contributed by atoms with E-state index in [0.29, 0.717) is 43.1 Å². The van der Waals surface area contributed by atoms with Crippen molar-refractivity contribution in [3.05, 3.63) is 23.9 Å². The second-order valence-electron chi connectivity index (χ2n) is 8.97. The number of nitrogens with one attached hydrogen (secondary N) is 1. The van der Waals surface area contributed by atoms with Gasteiger partial charge < -0.3 is 10.2 Å². The van der Waals surface area contributed by atoms with E-state index in [2.05, 4.69) is 25.3 Å². The fraction of sp³-hybridized carbons (Fsp3) is 0.636. The number of pyridine rings is 1. The average Bonchev–Trinajstić information content (AvgIpc) is 2.74. The number of nitrogens with zero attached hydrogens (tertiary/aromatic N) is 5. The predicted octanol–water partition coefficient (Wildman–Crippen LogP) is 5.25. The van der Waals surface area contributed by atoms with Crippen molar-refractivity contribution in [3.8, 4) is 11.5 Å². The van der Waals surface area contributed by atoms with E-state index in [1.54, 1.807) is 13.2 Å². The minimum Gasteiger partial charge on any atom is -0.351 e. The van der Waals surface area contributed by atoms with E-state index in [1.165, 1.54) is 0 Å². The first-order valence-electron chi connectivity index (χ1n) is 11.0. The molecule has 2 saturated carbocycles. The van der Waals surface area contributed by atoms with E-state index in [4.69, 9.17) is 0 Å². The van der Waals surface area contributed by atoms with E-state index in [0.717, 1.165) is 5.56 Å². The largest absolute Gasteiger partial charge is 0.351 e. The monoisotopic (exact) mass is 452 g/mol. The smallest absolute Gasteiger partial charge is 0.248 e. The van der Waals surface area contributed by atoms with Crippen molar-refractivity contribution in [1.82, 2.24) is 19.9 Å². The standard InChI is InChI=1S/C22H28F4N6/c1-14-7-12-27-17(13-14)18-29-19(28-15-3-8-21(23,24)9-4-15)31-20(30-18)32(2)16-5-10-22(25,26)11-6-16/h7,12-13,15-16H,3-6,8-11H2,1-2H3,(H,28,29,30,31). The molecule has 0 amide bonds. The first-order chi connectivity index (χ1) is 15.1. The lowest BCUT2D eigenvalue weighted by Crippen LogP contribution is -2.39. The summed E-state index contributed by atoms with van der Waals surface area (Å²) in [7, 11) is 1.79. The Morgan fingerprint density at radius 1 is 0.938 bits per heavy atom. The summed E-state index contributed by atoms with van der Waals surface area (Å²) in [5, 5.41) is 3.18. The molecule has 0 bridgehead atoms. The molecule has 0 aliphatic heterocycles. The van der Waals surface area contributed by atoms with Gasteiger partial charge >= 0.3 is 0 Å². The van der Waals surface area contributed by atoms with Crippen molar-refractivity contribution in [2.24, 2.45) is 0 Å². The van der Waals surface area contributed by atoms with Gasteiger partial charge in [-0.1, -0.05) is 0 Å². The number of anilines is 2. The van der Waals surface area contributed by atoms with Gasteiger partial charge in [-0.3, -0.25) is 4.98 Å². The molecule has 4 rings (SSSR count). The van der Waals surface area contributed by atoms with Crippen LogP contribution in [0.3, 0.4) is 0 Å². The molecule has 32 heavy (non-hydrogen) atoms. The predicted molar refractivity (Wildman–Crippen MR) is 114 cm³/mol. The van der Waals surface area contributed by atoms with E-state index in [9.17, 15) is 17.6 Å². The zero-order valence-electron chi connectivity index (χ0n) is 18.3. The molecule has 0 aromatic carbocycles. The molecule has 10 heteroatoms. The van der Waals surface area contributed by atoms with E-state index in [-0.39, 0.29) is 43.7 Å². The maximum Gasteiger partial charge on any atom is 0.248 e. The van der Waals surface area contributed by atoms with Crippen LogP contribution in [0.15, 0.2) is 18.3 Å². The number of aryl methyl sites for hydroxylation is 1. The molecule has 0 saturated heterocycles. The van der Waals surface area contributed by atoms with Gasteiger partial charge in [0.1, 0.15) is 5.69 Å². The summed E-state index contributed by atoms with van der Waals surface area (Å²) in [4.78, 5) is 19.7.